The molecule has 0 aliphatic heterocycles. The first-order chi connectivity index (χ1) is 15.5. The van der Waals surface area contributed by atoms with Gasteiger partial charge in [-0.15, -0.1) is 11.3 Å². The lowest BCUT2D eigenvalue weighted by molar-refractivity contribution is 0.0950. The number of thiophene rings is 1. The Balaban J connectivity index is 1.40. The number of rotatable bonds is 8. The van der Waals surface area contributed by atoms with Crippen LogP contribution < -0.4 is 5.32 Å². The lowest BCUT2D eigenvalue weighted by atomic mass is 10.0. The van der Waals surface area contributed by atoms with Crippen LogP contribution in [0.2, 0.25) is 0 Å². The molecule has 0 radical (unpaired) electrons. The van der Waals surface area contributed by atoms with Gasteiger partial charge in [-0.05, 0) is 55.1 Å². The quantitative estimate of drug-likeness (QED) is 0.280. The van der Waals surface area contributed by atoms with Crippen molar-refractivity contribution in [3.05, 3.63) is 99.5 Å². The minimum atomic E-state index is -0.107. The van der Waals surface area contributed by atoms with Crippen LogP contribution in [0.3, 0.4) is 0 Å². The summed E-state index contributed by atoms with van der Waals surface area (Å²) in [6.07, 6.45) is 3.57. The van der Waals surface area contributed by atoms with E-state index < -0.39 is 0 Å². The molecule has 0 aliphatic rings. The molecule has 5 nitrogen and oxygen atoms in total. The minimum Gasteiger partial charge on any atom is -0.347 e. The predicted octanol–water partition coefficient (Wildman–Crippen LogP) is 5.46. The van der Waals surface area contributed by atoms with Crippen molar-refractivity contribution < 1.29 is 9.59 Å². The molecule has 0 unspecified atom stereocenters. The zero-order valence-corrected chi connectivity index (χ0v) is 19.5. The molecular weight excluding hydrogens is 438 g/mol. The fourth-order valence-corrected chi connectivity index (χ4v) is 4.88. The second-order valence-electron chi connectivity index (χ2n) is 7.42. The van der Waals surface area contributed by atoms with Crippen molar-refractivity contribution in [3.63, 3.8) is 0 Å². The van der Waals surface area contributed by atoms with Crippen molar-refractivity contribution in [2.24, 2.45) is 0 Å². The molecule has 2 aromatic heterocycles. The van der Waals surface area contributed by atoms with Crippen molar-refractivity contribution in [3.8, 4) is 5.69 Å². The lowest BCUT2D eigenvalue weighted by Gasteiger charge is -2.10. The number of ketones is 1. The van der Waals surface area contributed by atoms with Crippen LogP contribution in [0.5, 0.6) is 0 Å². The number of amides is 1. The molecule has 2 heterocycles. The summed E-state index contributed by atoms with van der Waals surface area (Å²) >= 11 is 3.02. The average molecular weight is 462 g/mol. The SMILES string of the molecule is Cc1ccc(C(=O)CSc2nccn2-c2ccc(C(=O)NCc3cccs3)cc2)c(C)c1. The van der Waals surface area contributed by atoms with Crippen molar-refractivity contribution in [2.45, 2.75) is 25.5 Å². The number of aryl methyl sites for hydroxylation is 2. The lowest BCUT2D eigenvalue weighted by Crippen LogP contribution is -2.22. The number of carbonyl (C=O) groups is 2. The van der Waals surface area contributed by atoms with Crippen molar-refractivity contribution >= 4 is 34.8 Å². The third-order valence-corrected chi connectivity index (χ3v) is 6.88. The van der Waals surface area contributed by atoms with Gasteiger partial charge in [-0.2, -0.15) is 0 Å². The fourth-order valence-electron chi connectivity index (χ4n) is 3.38. The number of carbonyl (C=O) groups excluding carboxylic acids is 2. The maximum absolute atomic E-state index is 12.7. The van der Waals surface area contributed by atoms with Gasteiger partial charge in [0.15, 0.2) is 10.9 Å². The second-order valence-corrected chi connectivity index (χ2v) is 9.39. The Hall–Kier alpha value is -3.16. The molecule has 0 fully saturated rings. The van der Waals surface area contributed by atoms with E-state index in [4.69, 9.17) is 0 Å². The van der Waals surface area contributed by atoms with E-state index in [2.05, 4.69) is 10.3 Å². The number of hydrogen-bond donors (Lipinski definition) is 1. The van der Waals surface area contributed by atoms with Gasteiger partial charge < -0.3 is 5.32 Å². The number of thioether (sulfide) groups is 1. The first-order valence-corrected chi connectivity index (χ1v) is 12.1. The van der Waals surface area contributed by atoms with Crippen molar-refractivity contribution in [1.82, 2.24) is 14.9 Å². The standard InChI is InChI=1S/C25H23N3O2S2/c1-17-5-10-22(18(2)14-17)23(29)16-32-25-26-11-12-28(25)20-8-6-19(7-9-20)24(30)27-15-21-4-3-13-31-21/h3-14H,15-16H2,1-2H3,(H,27,30). The van der Waals surface area contributed by atoms with E-state index >= 15 is 0 Å². The molecule has 1 amide bonds. The minimum absolute atomic E-state index is 0.0832. The monoisotopic (exact) mass is 461 g/mol. The number of nitrogens with zero attached hydrogens (tertiary/aromatic N) is 2. The first-order valence-electron chi connectivity index (χ1n) is 10.2. The summed E-state index contributed by atoms with van der Waals surface area (Å²) in [5.74, 6) is 0.286. The van der Waals surface area contributed by atoms with Crippen molar-refractivity contribution in [2.75, 3.05) is 5.75 Å². The summed E-state index contributed by atoms with van der Waals surface area (Å²) in [6.45, 7) is 4.50. The largest absolute Gasteiger partial charge is 0.347 e. The summed E-state index contributed by atoms with van der Waals surface area (Å²) < 4.78 is 1.92. The Kier molecular flexibility index (Phi) is 6.87. The topological polar surface area (TPSA) is 64.0 Å². The zero-order chi connectivity index (χ0) is 22.5. The zero-order valence-electron chi connectivity index (χ0n) is 17.9. The Bertz CT molecular complexity index is 1230. The van der Waals surface area contributed by atoms with E-state index in [9.17, 15) is 9.59 Å². The van der Waals surface area contributed by atoms with Gasteiger partial charge in [-0.25, -0.2) is 4.98 Å². The highest BCUT2D eigenvalue weighted by Gasteiger charge is 2.13. The fraction of sp³-hybridized carbons (Fsp3) is 0.160. The molecule has 0 spiro atoms. The molecule has 0 atom stereocenters. The molecule has 1 N–H and O–H groups in total. The van der Waals surface area contributed by atoms with Gasteiger partial charge in [0, 0.05) is 34.1 Å². The summed E-state index contributed by atoms with van der Waals surface area (Å²) in [5.41, 5.74) is 4.38. The van der Waals surface area contributed by atoms with E-state index in [0.717, 1.165) is 32.4 Å². The summed E-state index contributed by atoms with van der Waals surface area (Å²) in [7, 11) is 0. The van der Waals surface area contributed by atoms with Crippen LogP contribution in [0, 0.1) is 13.8 Å². The summed E-state index contributed by atoms with van der Waals surface area (Å²) in [5, 5.41) is 5.66. The average Bonchev–Trinajstić information content (AvgIpc) is 3.48. The van der Waals surface area contributed by atoms with Crippen LogP contribution in [-0.2, 0) is 6.54 Å². The maximum Gasteiger partial charge on any atom is 0.251 e. The number of benzene rings is 2. The molecule has 32 heavy (non-hydrogen) atoms. The highest BCUT2D eigenvalue weighted by molar-refractivity contribution is 7.99. The molecular formula is C25H23N3O2S2. The van der Waals surface area contributed by atoms with E-state index in [1.165, 1.54) is 11.8 Å². The highest BCUT2D eigenvalue weighted by Crippen LogP contribution is 2.23. The Morgan fingerprint density at radius 1 is 1.09 bits per heavy atom. The van der Waals surface area contributed by atoms with Crippen LogP contribution >= 0.6 is 23.1 Å². The smallest absolute Gasteiger partial charge is 0.251 e. The number of nitrogens with one attached hydrogen (secondary N) is 1. The van der Waals surface area contributed by atoms with Crippen molar-refractivity contribution in [1.29, 1.82) is 0 Å². The second kappa shape index (κ2) is 9.97. The number of hydrogen-bond acceptors (Lipinski definition) is 5. The molecule has 0 saturated carbocycles. The van der Waals surface area contributed by atoms with Crippen LogP contribution in [0.15, 0.2) is 77.5 Å². The van der Waals surface area contributed by atoms with Crippen LogP contribution in [0.4, 0.5) is 0 Å². The molecule has 4 rings (SSSR count). The molecule has 0 saturated heterocycles. The van der Waals surface area contributed by atoms with Gasteiger partial charge >= 0.3 is 0 Å². The van der Waals surface area contributed by atoms with E-state index in [1.807, 2.05) is 72.5 Å². The van der Waals surface area contributed by atoms with Gasteiger partial charge in [-0.1, -0.05) is 41.6 Å². The molecule has 162 valence electrons. The van der Waals surface area contributed by atoms with E-state index in [1.54, 1.807) is 29.7 Å². The van der Waals surface area contributed by atoms with Crippen LogP contribution in [0.1, 0.15) is 36.7 Å². The van der Waals surface area contributed by atoms with Crippen LogP contribution in [0.25, 0.3) is 5.69 Å². The Morgan fingerprint density at radius 2 is 1.91 bits per heavy atom. The highest BCUT2D eigenvalue weighted by atomic mass is 32.2. The number of imidazole rings is 1. The van der Waals surface area contributed by atoms with Gasteiger partial charge in [0.1, 0.15) is 0 Å². The summed E-state index contributed by atoms with van der Waals surface area (Å²) in [4.78, 5) is 30.6. The van der Waals surface area contributed by atoms with Gasteiger partial charge in [0.05, 0.1) is 12.3 Å². The molecule has 2 aromatic carbocycles. The van der Waals surface area contributed by atoms with E-state index in [0.29, 0.717) is 17.9 Å². The van der Waals surface area contributed by atoms with Gasteiger partial charge in [-0.3, -0.25) is 14.2 Å². The number of Topliss-reactive ketones (excluding diaryl/α,β-unsaturated/α-hetero) is 1. The molecule has 0 aliphatic carbocycles. The molecule has 4 aromatic rings. The maximum atomic E-state index is 12.7. The van der Waals surface area contributed by atoms with Gasteiger partial charge in [0.2, 0.25) is 0 Å². The Labute approximate surface area is 195 Å². The molecule has 7 heteroatoms. The number of aromatic nitrogens is 2. The third kappa shape index (κ3) is 5.18. The Morgan fingerprint density at radius 3 is 2.62 bits per heavy atom. The first kappa shape index (κ1) is 22.0. The predicted molar refractivity (Wildman–Crippen MR) is 130 cm³/mol. The normalized spacial score (nSPS) is 10.8. The van der Waals surface area contributed by atoms with Gasteiger partial charge in [0.25, 0.3) is 5.91 Å². The van der Waals surface area contributed by atoms with Crippen LogP contribution in [-0.4, -0.2) is 27.0 Å². The molecule has 0 bridgehead atoms. The van der Waals surface area contributed by atoms with E-state index in [-0.39, 0.29) is 11.7 Å². The third-order valence-electron chi connectivity index (χ3n) is 5.03. The summed E-state index contributed by atoms with van der Waals surface area (Å²) in [6, 6.07) is 17.2.